The fraction of sp³-hybridized carbons (Fsp3) is 1.00. The highest BCUT2D eigenvalue weighted by Crippen LogP contribution is 2.27. The predicted octanol–water partition coefficient (Wildman–Crippen LogP) is 2.66. The molecule has 0 aromatic rings. The Morgan fingerprint density at radius 3 is 2.47 bits per heavy atom. The standard InChI is InChI=1S/C16H32N2O/c1-14(9-12-19-2)17-13-15-7-10-18(11-8-15)16-5-3-4-6-16/h14-17H,3-13H2,1-2H3. The molecule has 1 saturated carbocycles. The monoisotopic (exact) mass is 268 g/mol. The molecule has 0 aromatic carbocycles. The van der Waals surface area contributed by atoms with Crippen molar-refractivity contribution in [2.45, 2.75) is 64.0 Å². The molecule has 3 nitrogen and oxygen atoms in total. The summed E-state index contributed by atoms with van der Waals surface area (Å²) in [6.45, 7) is 7.01. The zero-order valence-electron chi connectivity index (χ0n) is 12.9. The van der Waals surface area contributed by atoms with Gasteiger partial charge in [-0.2, -0.15) is 0 Å². The largest absolute Gasteiger partial charge is 0.385 e. The second-order valence-electron chi connectivity index (χ2n) is 6.51. The molecule has 0 spiro atoms. The fourth-order valence-electron chi connectivity index (χ4n) is 3.56. The number of nitrogens with one attached hydrogen (secondary N) is 1. The Labute approximate surface area is 119 Å². The third-order valence-electron chi connectivity index (χ3n) is 5.00. The number of hydrogen-bond acceptors (Lipinski definition) is 3. The molecular formula is C16H32N2O. The van der Waals surface area contributed by atoms with E-state index < -0.39 is 0 Å². The van der Waals surface area contributed by atoms with Crippen LogP contribution in [-0.4, -0.2) is 50.3 Å². The molecule has 1 saturated heterocycles. The predicted molar refractivity (Wildman–Crippen MR) is 80.5 cm³/mol. The molecule has 1 heterocycles. The Balaban J connectivity index is 1.58. The van der Waals surface area contributed by atoms with Gasteiger partial charge in [0.15, 0.2) is 0 Å². The molecule has 1 N–H and O–H groups in total. The van der Waals surface area contributed by atoms with E-state index in [2.05, 4.69) is 17.1 Å². The van der Waals surface area contributed by atoms with E-state index in [4.69, 9.17) is 4.74 Å². The molecule has 1 aliphatic heterocycles. The van der Waals surface area contributed by atoms with Crippen molar-refractivity contribution in [1.82, 2.24) is 10.2 Å². The number of rotatable bonds is 7. The number of piperidine rings is 1. The Kier molecular flexibility index (Phi) is 6.62. The van der Waals surface area contributed by atoms with Crippen LogP contribution < -0.4 is 5.32 Å². The van der Waals surface area contributed by atoms with Gasteiger partial charge in [0.25, 0.3) is 0 Å². The molecule has 1 atom stereocenters. The topological polar surface area (TPSA) is 24.5 Å². The minimum atomic E-state index is 0.591. The summed E-state index contributed by atoms with van der Waals surface area (Å²) in [5, 5.41) is 3.67. The number of nitrogens with zero attached hydrogens (tertiary/aromatic N) is 1. The number of hydrogen-bond donors (Lipinski definition) is 1. The maximum absolute atomic E-state index is 5.13. The summed E-state index contributed by atoms with van der Waals surface area (Å²) in [5.74, 6) is 0.891. The molecular weight excluding hydrogens is 236 g/mol. The van der Waals surface area contributed by atoms with E-state index in [9.17, 15) is 0 Å². The van der Waals surface area contributed by atoms with Gasteiger partial charge in [-0.25, -0.2) is 0 Å². The van der Waals surface area contributed by atoms with Crippen LogP contribution in [0.25, 0.3) is 0 Å². The molecule has 2 aliphatic rings. The smallest absolute Gasteiger partial charge is 0.0476 e. The van der Waals surface area contributed by atoms with Crippen LogP contribution in [0.15, 0.2) is 0 Å². The molecule has 112 valence electrons. The van der Waals surface area contributed by atoms with E-state index in [0.717, 1.165) is 25.0 Å². The summed E-state index contributed by atoms with van der Waals surface area (Å²) in [6.07, 6.45) is 9.73. The average molecular weight is 268 g/mol. The van der Waals surface area contributed by atoms with E-state index in [1.54, 1.807) is 7.11 Å². The van der Waals surface area contributed by atoms with Crippen molar-refractivity contribution in [3.05, 3.63) is 0 Å². The first kappa shape index (κ1) is 15.3. The van der Waals surface area contributed by atoms with Crippen molar-refractivity contribution >= 4 is 0 Å². The van der Waals surface area contributed by atoms with Crippen LogP contribution in [0.3, 0.4) is 0 Å². The van der Waals surface area contributed by atoms with Crippen molar-refractivity contribution in [3.8, 4) is 0 Å². The van der Waals surface area contributed by atoms with Gasteiger partial charge in [-0.05, 0) is 64.6 Å². The molecule has 3 heteroatoms. The molecule has 0 bridgehead atoms. The molecule has 19 heavy (non-hydrogen) atoms. The van der Waals surface area contributed by atoms with Crippen molar-refractivity contribution < 1.29 is 4.74 Å². The van der Waals surface area contributed by atoms with Gasteiger partial charge in [-0.1, -0.05) is 12.8 Å². The van der Waals surface area contributed by atoms with Crippen LogP contribution in [0, 0.1) is 5.92 Å². The van der Waals surface area contributed by atoms with Gasteiger partial charge < -0.3 is 15.0 Å². The quantitative estimate of drug-likeness (QED) is 0.768. The minimum absolute atomic E-state index is 0.591. The van der Waals surface area contributed by atoms with Gasteiger partial charge in [0.05, 0.1) is 0 Å². The molecule has 2 rings (SSSR count). The molecule has 2 fully saturated rings. The molecule has 1 unspecified atom stereocenters. The van der Waals surface area contributed by atoms with E-state index in [-0.39, 0.29) is 0 Å². The SMILES string of the molecule is COCCC(C)NCC1CCN(C2CCCC2)CC1. The fourth-order valence-corrected chi connectivity index (χ4v) is 3.56. The maximum atomic E-state index is 5.13. The third kappa shape index (κ3) is 5.05. The summed E-state index contributed by atoms with van der Waals surface area (Å²) in [6, 6.07) is 1.52. The van der Waals surface area contributed by atoms with E-state index in [0.29, 0.717) is 6.04 Å². The van der Waals surface area contributed by atoms with Gasteiger partial charge in [-0.15, -0.1) is 0 Å². The van der Waals surface area contributed by atoms with Crippen LogP contribution in [0.2, 0.25) is 0 Å². The van der Waals surface area contributed by atoms with Crippen LogP contribution >= 0.6 is 0 Å². The van der Waals surface area contributed by atoms with Gasteiger partial charge >= 0.3 is 0 Å². The van der Waals surface area contributed by atoms with Crippen LogP contribution in [0.1, 0.15) is 51.9 Å². The van der Waals surface area contributed by atoms with Gasteiger partial charge in [0, 0.05) is 25.8 Å². The molecule has 0 amide bonds. The van der Waals surface area contributed by atoms with Gasteiger partial charge in [0.1, 0.15) is 0 Å². The first-order chi connectivity index (χ1) is 9.29. The molecule has 0 aromatic heterocycles. The average Bonchev–Trinajstić information content (AvgIpc) is 2.97. The first-order valence-electron chi connectivity index (χ1n) is 8.26. The van der Waals surface area contributed by atoms with Gasteiger partial charge in [0.2, 0.25) is 0 Å². The van der Waals surface area contributed by atoms with Crippen LogP contribution in [-0.2, 0) is 4.74 Å². The van der Waals surface area contributed by atoms with E-state index >= 15 is 0 Å². The summed E-state index contributed by atoms with van der Waals surface area (Å²) < 4.78 is 5.13. The summed E-state index contributed by atoms with van der Waals surface area (Å²) in [5.41, 5.74) is 0. The highest BCUT2D eigenvalue weighted by Gasteiger charge is 2.26. The normalized spacial score (nSPS) is 24.9. The van der Waals surface area contributed by atoms with Crippen molar-refractivity contribution in [3.63, 3.8) is 0 Å². The second-order valence-corrected chi connectivity index (χ2v) is 6.51. The second kappa shape index (κ2) is 8.23. The van der Waals surface area contributed by atoms with Crippen molar-refractivity contribution in [1.29, 1.82) is 0 Å². The van der Waals surface area contributed by atoms with Gasteiger partial charge in [-0.3, -0.25) is 0 Å². The Morgan fingerprint density at radius 1 is 1.16 bits per heavy atom. The lowest BCUT2D eigenvalue weighted by atomic mass is 9.95. The third-order valence-corrected chi connectivity index (χ3v) is 5.00. The summed E-state index contributed by atoms with van der Waals surface area (Å²) >= 11 is 0. The van der Waals surface area contributed by atoms with E-state index in [1.165, 1.54) is 58.2 Å². The number of methoxy groups -OCH3 is 1. The minimum Gasteiger partial charge on any atom is -0.385 e. The number of ether oxygens (including phenoxy) is 1. The Morgan fingerprint density at radius 2 is 1.84 bits per heavy atom. The van der Waals surface area contributed by atoms with Crippen LogP contribution in [0.5, 0.6) is 0 Å². The first-order valence-corrected chi connectivity index (χ1v) is 8.26. The number of likely N-dealkylation sites (tertiary alicyclic amines) is 1. The van der Waals surface area contributed by atoms with Crippen molar-refractivity contribution in [2.75, 3.05) is 33.4 Å². The molecule has 1 aliphatic carbocycles. The lowest BCUT2D eigenvalue weighted by Gasteiger charge is -2.36. The lowest BCUT2D eigenvalue weighted by Crippen LogP contribution is -2.43. The zero-order valence-corrected chi connectivity index (χ0v) is 12.9. The zero-order chi connectivity index (χ0) is 13.5. The highest BCUT2D eigenvalue weighted by molar-refractivity contribution is 4.82. The van der Waals surface area contributed by atoms with Crippen LogP contribution in [0.4, 0.5) is 0 Å². The molecule has 0 radical (unpaired) electrons. The highest BCUT2D eigenvalue weighted by atomic mass is 16.5. The Bertz CT molecular complexity index is 233. The van der Waals surface area contributed by atoms with Crippen molar-refractivity contribution in [2.24, 2.45) is 5.92 Å². The van der Waals surface area contributed by atoms with E-state index in [1.807, 2.05) is 0 Å². The maximum Gasteiger partial charge on any atom is 0.0476 e. The Hall–Kier alpha value is -0.120. The summed E-state index contributed by atoms with van der Waals surface area (Å²) in [7, 11) is 1.78. The summed E-state index contributed by atoms with van der Waals surface area (Å²) in [4.78, 5) is 2.76. The lowest BCUT2D eigenvalue weighted by molar-refractivity contribution is 0.130.